The molecule has 1 fully saturated rings. The van der Waals surface area contributed by atoms with E-state index in [0.29, 0.717) is 5.92 Å². The fourth-order valence-corrected chi connectivity index (χ4v) is 1.54. The lowest BCUT2D eigenvalue weighted by Gasteiger charge is -2.16. The SMILES string of the molecule is CC#CCCC(O)C(C)C1CC1. The van der Waals surface area contributed by atoms with Crippen LogP contribution in [0.25, 0.3) is 0 Å². The van der Waals surface area contributed by atoms with Gasteiger partial charge in [0.05, 0.1) is 6.10 Å². The lowest BCUT2D eigenvalue weighted by Crippen LogP contribution is -2.18. The highest BCUT2D eigenvalue weighted by Gasteiger charge is 2.31. The van der Waals surface area contributed by atoms with Gasteiger partial charge in [0.2, 0.25) is 0 Å². The van der Waals surface area contributed by atoms with Gasteiger partial charge in [0, 0.05) is 6.42 Å². The minimum absolute atomic E-state index is 0.127. The summed E-state index contributed by atoms with van der Waals surface area (Å²) in [4.78, 5) is 0. The van der Waals surface area contributed by atoms with Crippen molar-refractivity contribution in [3.05, 3.63) is 0 Å². The summed E-state index contributed by atoms with van der Waals surface area (Å²) >= 11 is 0. The summed E-state index contributed by atoms with van der Waals surface area (Å²) in [5.74, 6) is 7.12. The molecule has 1 aliphatic rings. The molecule has 68 valence electrons. The van der Waals surface area contributed by atoms with E-state index < -0.39 is 0 Å². The van der Waals surface area contributed by atoms with Crippen LogP contribution in [0.3, 0.4) is 0 Å². The van der Waals surface area contributed by atoms with Crippen molar-refractivity contribution < 1.29 is 5.11 Å². The van der Waals surface area contributed by atoms with Gasteiger partial charge in [0.25, 0.3) is 0 Å². The van der Waals surface area contributed by atoms with E-state index in [1.807, 2.05) is 6.92 Å². The van der Waals surface area contributed by atoms with Crippen molar-refractivity contribution in [2.24, 2.45) is 11.8 Å². The molecule has 0 heterocycles. The first kappa shape index (κ1) is 9.61. The summed E-state index contributed by atoms with van der Waals surface area (Å²) in [6.45, 7) is 4.00. The van der Waals surface area contributed by atoms with E-state index in [-0.39, 0.29) is 6.10 Å². The Labute approximate surface area is 75.2 Å². The molecule has 1 rings (SSSR count). The summed E-state index contributed by atoms with van der Waals surface area (Å²) < 4.78 is 0. The molecule has 0 radical (unpaired) electrons. The summed E-state index contributed by atoms with van der Waals surface area (Å²) in [5, 5.41) is 9.69. The van der Waals surface area contributed by atoms with Crippen molar-refractivity contribution in [1.29, 1.82) is 0 Å². The molecule has 1 heteroatoms. The van der Waals surface area contributed by atoms with Gasteiger partial charge in [0.15, 0.2) is 0 Å². The molecule has 1 N–H and O–H groups in total. The highest BCUT2D eigenvalue weighted by Crippen LogP contribution is 2.38. The van der Waals surface area contributed by atoms with Gasteiger partial charge in [-0.1, -0.05) is 6.92 Å². The number of rotatable bonds is 4. The van der Waals surface area contributed by atoms with E-state index >= 15 is 0 Å². The predicted octanol–water partition coefficient (Wildman–Crippen LogP) is 2.20. The Kier molecular flexibility index (Phi) is 3.62. The van der Waals surface area contributed by atoms with E-state index in [2.05, 4.69) is 18.8 Å². The Bertz CT molecular complexity index is 183. The van der Waals surface area contributed by atoms with Crippen LogP contribution in [0, 0.1) is 23.7 Å². The topological polar surface area (TPSA) is 20.2 Å². The molecule has 0 bridgehead atoms. The molecule has 2 atom stereocenters. The third-order valence-corrected chi connectivity index (χ3v) is 2.71. The largest absolute Gasteiger partial charge is 0.393 e. The van der Waals surface area contributed by atoms with Crippen LogP contribution in [0.4, 0.5) is 0 Å². The smallest absolute Gasteiger partial charge is 0.0577 e. The predicted molar refractivity (Wildman–Crippen MR) is 50.6 cm³/mol. The number of hydrogen-bond acceptors (Lipinski definition) is 1. The third kappa shape index (κ3) is 2.87. The molecule has 0 aromatic carbocycles. The van der Waals surface area contributed by atoms with Crippen molar-refractivity contribution in [3.8, 4) is 11.8 Å². The van der Waals surface area contributed by atoms with Gasteiger partial charge in [-0.2, -0.15) is 0 Å². The Balaban J connectivity index is 2.15. The number of hydrogen-bond donors (Lipinski definition) is 1. The molecule has 0 spiro atoms. The second-order valence-corrected chi connectivity index (χ2v) is 3.73. The minimum Gasteiger partial charge on any atom is -0.393 e. The van der Waals surface area contributed by atoms with Gasteiger partial charge in [0.1, 0.15) is 0 Å². The zero-order valence-electron chi connectivity index (χ0n) is 8.01. The summed E-state index contributed by atoms with van der Waals surface area (Å²) in [7, 11) is 0. The highest BCUT2D eigenvalue weighted by molar-refractivity contribution is 4.95. The summed E-state index contributed by atoms with van der Waals surface area (Å²) in [6, 6.07) is 0. The Morgan fingerprint density at radius 1 is 1.50 bits per heavy atom. The average molecular weight is 166 g/mol. The van der Waals surface area contributed by atoms with Crippen LogP contribution in [0.1, 0.15) is 39.5 Å². The van der Waals surface area contributed by atoms with E-state index in [4.69, 9.17) is 0 Å². The van der Waals surface area contributed by atoms with Crippen LogP contribution in [0.5, 0.6) is 0 Å². The van der Waals surface area contributed by atoms with Gasteiger partial charge >= 0.3 is 0 Å². The maximum absolute atomic E-state index is 9.69. The molecule has 1 nitrogen and oxygen atoms in total. The summed E-state index contributed by atoms with van der Waals surface area (Å²) in [6.07, 6.45) is 4.20. The molecule has 0 aromatic rings. The van der Waals surface area contributed by atoms with Gasteiger partial charge < -0.3 is 5.11 Å². The van der Waals surface area contributed by atoms with Gasteiger partial charge in [-0.25, -0.2) is 0 Å². The first-order chi connectivity index (χ1) is 5.75. The van der Waals surface area contributed by atoms with Gasteiger partial charge in [-0.15, -0.1) is 11.8 Å². The molecule has 2 unspecified atom stereocenters. The molecule has 12 heavy (non-hydrogen) atoms. The van der Waals surface area contributed by atoms with Crippen LogP contribution in [0.15, 0.2) is 0 Å². The molecule has 0 aromatic heterocycles. The minimum atomic E-state index is -0.127. The fraction of sp³-hybridized carbons (Fsp3) is 0.818. The van der Waals surface area contributed by atoms with Crippen molar-refractivity contribution in [3.63, 3.8) is 0 Å². The molecule has 0 aliphatic heterocycles. The lowest BCUT2D eigenvalue weighted by molar-refractivity contribution is 0.0980. The number of aliphatic hydroxyl groups is 1. The van der Waals surface area contributed by atoms with Crippen LogP contribution in [-0.2, 0) is 0 Å². The second kappa shape index (κ2) is 4.52. The van der Waals surface area contributed by atoms with Crippen molar-refractivity contribution in [1.82, 2.24) is 0 Å². The zero-order valence-corrected chi connectivity index (χ0v) is 8.01. The third-order valence-electron chi connectivity index (χ3n) is 2.71. The molecular weight excluding hydrogens is 148 g/mol. The second-order valence-electron chi connectivity index (χ2n) is 3.73. The van der Waals surface area contributed by atoms with Crippen molar-refractivity contribution in [2.45, 2.75) is 45.6 Å². The number of aliphatic hydroxyl groups excluding tert-OH is 1. The van der Waals surface area contributed by atoms with E-state index in [1.54, 1.807) is 0 Å². The standard InChI is InChI=1S/C11H18O/c1-3-4-5-6-11(12)9(2)10-7-8-10/h9-12H,5-8H2,1-2H3. The maximum atomic E-state index is 9.69. The Morgan fingerprint density at radius 3 is 2.67 bits per heavy atom. The van der Waals surface area contributed by atoms with Crippen LogP contribution in [-0.4, -0.2) is 11.2 Å². The first-order valence-electron chi connectivity index (χ1n) is 4.83. The molecule has 1 saturated carbocycles. The molecule has 0 saturated heterocycles. The van der Waals surface area contributed by atoms with Crippen LogP contribution >= 0.6 is 0 Å². The van der Waals surface area contributed by atoms with E-state index in [1.165, 1.54) is 12.8 Å². The van der Waals surface area contributed by atoms with Crippen molar-refractivity contribution in [2.75, 3.05) is 0 Å². The summed E-state index contributed by atoms with van der Waals surface area (Å²) in [5.41, 5.74) is 0. The fourth-order valence-electron chi connectivity index (χ4n) is 1.54. The normalized spacial score (nSPS) is 20.9. The van der Waals surface area contributed by atoms with Gasteiger partial charge in [-0.05, 0) is 38.0 Å². The monoisotopic (exact) mass is 166 g/mol. The van der Waals surface area contributed by atoms with Crippen LogP contribution < -0.4 is 0 Å². The van der Waals surface area contributed by atoms with E-state index in [9.17, 15) is 5.11 Å². The zero-order chi connectivity index (χ0) is 8.97. The average Bonchev–Trinajstić information content (AvgIpc) is 2.86. The Hall–Kier alpha value is -0.480. The van der Waals surface area contributed by atoms with Crippen molar-refractivity contribution >= 4 is 0 Å². The first-order valence-corrected chi connectivity index (χ1v) is 4.83. The Morgan fingerprint density at radius 2 is 2.17 bits per heavy atom. The highest BCUT2D eigenvalue weighted by atomic mass is 16.3. The molecular formula is C11H18O. The quantitative estimate of drug-likeness (QED) is 0.635. The maximum Gasteiger partial charge on any atom is 0.0577 e. The lowest BCUT2D eigenvalue weighted by atomic mass is 9.96. The van der Waals surface area contributed by atoms with E-state index in [0.717, 1.165) is 18.8 Å². The molecule has 0 amide bonds. The molecule has 1 aliphatic carbocycles. The van der Waals surface area contributed by atoms with Crippen LogP contribution in [0.2, 0.25) is 0 Å². The van der Waals surface area contributed by atoms with Gasteiger partial charge in [-0.3, -0.25) is 0 Å².